The highest BCUT2D eigenvalue weighted by molar-refractivity contribution is 6.13. The van der Waals surface area contributed by atoms with Crippen LogP contribution in [0.1, 0.15) is 86.4 Å². The summed E-state index contributed by atoms with van der Waals surface area (Å²) >= 11 is 0. The number of phenols is 2. The van der Waals surface area contributed by atoms with E-state index in [-0.39, 0.29) is 55.8 Å². The van der Waals surface area contributed by atoms with Gasteiger partial charge in [-0.25, -0.2) is 0 Å². The molecule has 0 saturated carbocycles. The minimum absolute atomic E-state index is 0.178. The maximum atomic E-state index is 16.5. The van der Waals surface area contributed by atoms with Crippen molar-refractivity contribution in [3.8, 4) is 11.5 Å². The van der Waals surface area contributed by atoms with Gasteiger partial charge in [0.1, 0.15) is 39.6 Å². The van der Waals surface area contributed by atoms with Crippen LogP contribution in [-0.2, 0) is 16.2 Å². The average Bonchev–Trinajstić information content (AvgIpc) is 3.60. The van der Waals surface area contributed by atoms with Gasteiger partial charge in [0, 0.05) is 45.2 Å². The lowest BCUT2D eigenvalue weighted by atomic mass is 9.67. The Kier molecular flexibility index (Phi) is 6.71. The molecule has 2 N–H and O–H groups in total. The van der Waals surface area contributed by atoms with E-state index >= 15 is 26.3 Å². The molecule has 0 fully saturated rings. The molecule has 0 saturated heterocycles. The van der Waals surface area contributed by atoms with Crippen LogP contribution in [0.25, 0.3) is 33.1 Å². The number of fused-ring (bicyclic) bond motifs is 8. The van der Waals surface area contributed by atoms with Gasteiger partial charge >= 0.3 is 17.8 Å². The molecule has 0 unspecified atom stereocenters. The number of benzene rings is 4. The van der Waals surface area contributed by atoms with Crippen LogP contribution in [-0.4, -0.2) is 28.0 Å². The van der Waals surface area contributed by atoms with E-state index in [0.29, 0.717) is 11.1 Å². The largest absolute Gasteiger partial charge is 0.508 e. The van der Waals surface area contributed by atoms with Crippen molar-refractivity contribution in [2.45, 2.75) is 75.6 Å². The molecule has 6 aromatic rings. The van der Waals surface area contributed by atoms with Crippen LogP contribution in [0.2, 0.25) is 0 Å². The second-order valence-electron chi connectivity index (χ2n) is 15.9. The number of rotatable bonds is 2. The van der Waals surface area contributed by atoms with Gasteiger partial charge in [0.25, 0.3) is 0 Å². The highest BCUT2D eigenvalue weighted by Crippen LogP contribution is 2.70. The van der Waals surface area contributed by atoms with Crippen LogP contribution in [0.15, 0.2) is 93.8 Å². The number of hydrogen-bond donors (Lipinski definition) is 2. The number of phenolic OH excluding ortho intramolecular Hbond substituents is 2. The van der Waals surface area contributed by atoms with Gasteiger partial charge in [0.05, 0.1) is 0 Å². The summed E-state index contributed by atoms with van der Waals surface area (Å²) in [5.74, 6) is -18.1. The third kappa shape index (κ3) is 4.23. The number of furan rings is 2. The summed E-state index contributed by atoms with van der Waals surface area (Å²) in [7, 11) is 0. The molecule has 0 atom stereocenters. The molecule has 0 bridgehead atoms. The first-order chi connectivity index (χ1) is 24.1. The fraction of sp³-hybridized carbons (Fsp3) is 0.286. The topological polar surface area (TPSA) is 66.7 Å². The van der Waals surface area contributed by atoms with E-state index in [4.69, 9.17) is 8.83 Å². The molecular weight excluding hydrogens is 682 g/mol. The minimum Gasteiger partial charge on any atom is -0.508 e. The van der Waals surface area contributed by atoms with E-state index < -0.39 is 45.5 Å². The van der Waals surface area contributed by atoms with Gasteiger partial charge in [0.2, 0.25) is 0 Å². The second-order valence-corrected chi connectivity index (χ2v) is 15.9. The lowest BCUT2D eigenvalue weighted by Gasteiger charge is -2.35. The first-order valence-corrected chi connectivity index (χ1v) is 16.8. The highest BCUT2D eigenvalue weighted by atomic mass is 19.3. The summed E-state index contributed by atoms with van der Waals surface area (Å²) < 4.78 is 111. The third-order valence-corrected chi connectivity index (χ3v) is 10.6. The molecule has 2 heterocycles. The van der Waals surface area contributed by atoms with Crippen LogP contribution >= 0.6 is 0 Å². The fourth-order valence-corrected chi connectivity index (χ4v) is 7.82. The van der Waals surface area contributed by atoms with Crippen molar-refractivity contribution in [2.24, 2.45) is 0 Å². The van der Waals surface area contributed by atoms with E-state index in [1.165, 1.54) is 12.1 Å². The third-order valence-electron chi connectivity index (χ3n) is 10.6. The summed E-state index contributed by atoms with van der Waals surface area (Å²) in [5.41, 5.74) is -5.01. The predicted octanol–water partition coefficient (Wildman–Crippen LogP) is 11.7. The van der Waals surface area contributed by atoms with Crippen molar-refractivity contribution in [2.75, 3.05) is 0 Å². The number of allylic oxidation sites excluding steroid dienone is 2. The van der Waals surface area contributed by atoms with Crippen molar-refractivity contribution in [1.82, 2.24) is 0 Å². The van der Waals surface area contributed by atoms with E-state index in [0.717, 1.165) is 35.4 Å². The summed E-state index contributed by atoms with van der Waals surface area (Å²) in [6, 6.07) is 21.2. The van der Waals surface area contributed by atoms with Gasteiger partial charge in [-0.05, 0) is 57.3 Å². The molecular formula is C42H34F6O4. The van der Waals surface area contributed by atoms with Crippen molar-refractivity contribution < 1.29 is 45.4 Å². The van der Waals surface area contributed by atoms with Crippen molar-refractivity contribution in [3.05, 3.63) is 130 Å². The lowest BCUT2D eigenvalue weighted by molar-refractivity contribution is -0.254. The number of aromatic hydroxyl groups is 2. The zero-order valence-electron chi connectivity index (χ0n) is 29.1. The molecule has 4 aromatic carbocycles. The highest BCUT2D eigenvalue weighted by Gasteiger charge is 2.82. The average molecular weight is 717 g/mol. The maximum Gasteiger partial charge on any atom is 0.380 e. The molecule has 2 aliphatic carbocycles. The Morgan fingerprint density at radius 2 is 0.846 bits per heavy atom. The Morgan fingerprint density at radius 3 is 1.17 bits per heavy atom. The normalized spacial score (nSPS) is 18.7. The Bertz CT molecular complexity index is 2300. The first kappa shape index (κ1) is 34.0. The van der Waals surface area contributed by atoms with Gasteiger partial charge in [-0.2, -0.15) is 26.3 Å². The van der Waals surface area contributed by atoms with Crippen LogP contribution in [0.5, 0.6) is 11.5 Å². The summed E-state index contributed by atoms with van der Waals surface area (Å²) in [6.07, 6.45) is 0. The Morgan fingerprint density at radius 1 is 0.500 bits per heavy atom. The molecule has 10 heteroatoms. The second kappa shape index (κ2) is 10.3. The predicted molar refractivity (Wildman–Crippen MR) is 187 cm³/mol. The molecule has 0 aliphatic heterocycles. The first-order valence-electron chi connectivity index (χ1n) is 16.8. The van der Waals surface area contributed by atoms with Crippen LogP contribution in [0, 0.1) is 0 Å². The molecule has 268 valence electrons. The van der Waals surface area contributed by atoms with Crippen LogP contribution in [0.4, 0.5) is 26.3 Å². The lowest BCUT2D eigenvalue weighted by Crippen LogP contribution is -2.49. The molecule has 0 spiro atoms. The summed E-state index contributed by atoms with van der Waals surface area (Å²) in [6.45, 7) is 12.0. The van der Waals surface area contributed by atoms with E-state index in [1.54, 1.807) is 24.3 Å². The van der Waals surface area contributed by atoms with Crippen molar-refractivity contribution >= 4 is 33.1 Å². The molecule has 52 heavy (non-hydrogen) atoms. The Balaban J connectivity index is 1.66. The van der Waals surface area contributed by atoms with Crippen LogP contribution in [0.3, 0.4) is 0 Å². The monoisotopic (exact) mass is 716 g/mol. The van der Waals surface area contributed by atoms with Crippen molar-refractivity contribution in [3.63, 3.8) is 0 Å². The smallest absolute Gasteiger partial charge is 0.380 e. The van der Waals surface area contributed by atoms with E-state index in [2.05, 4.69) is 0 Å². The van der Waals surface area contributed by atoms with Crippen LogP contribution < -0.4 is 0 Å². The Hall–Kier alpha value is -5.12. The van der Waals surface area contributed by atoms with Gasteiger partial charge in [0.15, 0.2) is 0 Å². The molecule has 0 amide bonds. The number of hydrogen-bond acceptors (Lipinski definition) is 4. The standard InChI is InChI=1S/C42H34F6O4/c1-37(2,3)21-7-11-23(12-8-21)39(24-13-9-22(10-14-24)38(4,5)6)35-31(27-17-15-25(49)19-29(27)51-35)33-34(41(45,46)42(47,48)40(33,43)44)32-28-18-16-26(50)20-30(28)52-36(32)39/h7-20,49-50H,1-6H3. The van der Waals surface area contributed by atoms with Gasteiger partial charge in [-0.15, -0.1) is 0 Å². The Labute approximate surface area is 295 Å². The van der Waals surface area contributed by atoms with Crippen molar-refractivity contribution in [1.29, 1.82) is 0 Å². The van der Waals surface area contributed by atoms with Gasteiger partial charge < -0.3 is 19.0 Å². The SMILES string of the molecule is CC(C)(C)c1ccc(C2(c3ccc(C(C)(C)C)cc3)c3oc4cc(O)ccc4c3C3=C(c4c2oc2cc(O)ccc42)C(F)(F)C(F)(F)C3(F)F)cc1. The molecule has 2 aromatic heterocycles. The zero-order chi connectivity index (χ0) is 37.6. The molecule has 2 aliphatic rings. The number of alkyl halides is 6. The fourth-order valence-electron chi connectivity index (χ4n) is 7.82. The van der Waals surface area contributed by atoms with E-state index in [9.17, 15) is 10.2 Å². The maximum absolute atomic E-state index is 16.5. The zero-order valence-corrected chi connectivity index (χ0v) is 29.1. The van der Waals surface area contributed by atoms with Gasteiger partial charge in [-0.3, -0.25) is 0 Å². The van der Waals surface area contributed by atoms with E-state index in [1.807, 2.05) is 65.8 Å². The molecule has 8 rings (SSSR count). The summed E-state index contributed by atoms with van der Waals surface area (Å²) in [4.78, 5) is 0. The molecule has 0 radical (unpaired) electrons. The minimum atomic E-state index is -5.86. The quantitative estimate of drug-likeness (QED) is 0.175. The van der Waals surface area contributed by atoms with Gasteiger partial charge in [-0.1, -0.05) is 90.1 Å². The summed E-state index contributed by atoms with van der Waals surface area (Å²) in [5, 5.41) is 20.6. The number of halogens is 6. The molecule has 4 nitrogen and oxygen atoms in total.